The van der Waals surface area contributed by atoms with E-state index in [1.165, 1.54) is 4.90 Å². The third kappa shape index (κ3) is 2.96. The van der Waals surface area contributed by atoms with E-state index < -0.39 is 0 Å². The monoisotopic (exact) mass is 338 g/mol. The maximum atomic E-state index is 12.6. The molecule has 5 heteroatoms. The Kier molecular flexibility index (Phi) is 4.49. The van der Waals surface area contributed by atoms with Crippen molar-refractivity contribution < 1.29 is 9.59 Å². The third-order valence-electron chi connectivity index (χ3n) is 3.79. The summed E-state index contributed by atoms with van der Waals surface area (Å²) in [4.78, 5) is 25.2. The van der Waals surface area contributed by atoms with Crippen molar-refractivity contribution in [3.8, 4) is 0 Å². The Morgan fingerprint density at radius 1 is 1.04 bits per heavy atom. The molecule has 120 valence electrons. The lowest BCUT2D eigenvalue weighted by Gasteiger charge is -2.17. The largest absolute Gasteiger partial charge is 0.321 e. The van der Waals surface area contributed by atoms with E-state index >= 15 is 0 Å². The van der Waals surface area contributed by atoms with Gasteiger partial charge in [-0.3, -0.25) is 9.59 Å². The summed E-state index contributed by atoms with van der Waals surface area (Å²) in [6.45, 7) is 0. The van der Waals surface area contributed by atoms with Crippen LogP contribution in [0.2, 0.25) is 5.02 Å². The fourth-order valence-corrected chi connectivity index (χ4v) is 2.83. The topological polar surface area (TPSA) is 49.4 Å². The maximum Gasteiger partial charge on any atom is 0.257 e. The number of fused-ring (bicyclic) bond motifs is 1. The molecule has 0 bridgehead atoms. The zero-order valence-corrected chi connectivity index (χ0v) is 13.7. The third-order valence-corrected chi connectivity index (χ3v) is 4.12. The average Bonchev–Trinajstić information content (AvgIpc) is 2.61. The predicted octanol–water partition coefficient (Wildman–Crippen LogP) is 4.34. The van der Waals surface area contributed by atoms with Crippen LogP contribution >= 0.6 is 11.6 Å². The Labute approximate surface area is 144 Å². The Hall–Kier alpha value is -2.85. The first-order valence-electron chi connectivity index (χ1n) is 7.37. The summed E-state index contributed by atoms with van der Waals surface area (Å²) < 4.78 is 0. The normalized spacial score (nSPS) is 10.4. The van der Waals surface area contributed by atoms with Gasteiger partial charge in [0.05, 0.1) is 22.0 Å². The van der Waals surface area contributed by atoms with E-state index in [0.717, 1.165) is 22.9 Å². The standard InChI is InChI=1S/C19H15ClN2O2/c1-22(12-23)17-11-5-7-13-6-4-10-16(18(13)17)21-19(24)14-8-2-3-9-15(14)20/h2-12H,1H3,(H,21,24). The number of halogens is 1. The number of hydrogen-bond acceptors (Lipinski definition) is 2. The quantitative estimate of drug-likeness (QED) is 0.719. The van der Waals surface area contributed by atoms with Crippen LogP contribution in [0.25, 0.3) is 10.8 Å². The zero-order chi connectivity index (χ0) is 17.1. The predicted molar refractivity (Wildman–Crippen MR) is 97.8 cm³/mol. The number of rotatable bonds is 4. The minimum absolute atomic E-state index is 0.295. The molecule has 3 aromatic carbocycles. The van der Waals surface area contributed by atoms with Crippen molar-refractivity contribution in [1.82, 2.24) is 0 Å². The second kappa shape index (κ2) is 6.72. The Bertz CT molecular complexity index is 919. The smallest absolute Gasteiger partial charge is 0.257 e. The lowest BCUT2D eigenvalue weighted by molar-refractivity contribution is -0.107. The Morgan fingerprint density at radius 3 is 2.46 bits per heavy atom. The van der Waals surface area contributed by atoms with Crippen molar-refractivity contribution in [2.75, 3.05) is 17.3 Å². The van der Waals surface area contributed by atoms with Gasteiger partial charge in [-0.25, -0.2) is 0 Å². The number of nitrogens with zero attached hydrogens (tertiary/aromatic N) is 1. The van der Waals surface area contributed by atoms with E-state index in [2.05, 4.69) is 5.32 Å². The molecular weight excluding hydrogens is 324 g/mol. The highest BCUT2D eigenvalue weighted by atomic mass is 35.5. The SMILES string of the molecule is CN(C=O)c1cccc2cccc(NC(=O)c3ccccc3Cl)c12. The molecule has 3 aromatic rings. The van der Waals surface area contributed by atoms with Gasteiger partial charge in [0, 0.05) is 12.4 Å². The molecular formula is C19H15ClN2O2. The number of carbonyl (C=O) groups is 2. The fraction of sp³-hybridized carbons (Fsp3) is 0.0526. The fourth-order valence-electron chi connectivity index (χ4n) is 2.61. The molecule has 0 fully saturated rings. The van der Waals surface area contributed by atoms with E-state index in [0.29, 0.717) is 16.3 Å². The first-order chi connectivity index (χ1) is 11.6. The molecule has 24 heavy (non-hydrogen) atoms. The molecule has 0 aromatic heterocycles. The first kappa shape index (κ1) is 16.0. The zero-order valence-electron chi connectivity index (χ0n) is 13.0. The van der Waals surface area contributed by atoms with E-state index in [9.17, 15) is 9.59 Å². The Balaban J connectivity index is 2.08. The lowest BCUT2D eigenvalue weighted by Crippen LogP contribution is -2.16. The molecule has 0 aliphatic heterocycles. The van der Waals surface area contributed by atoms with Crippen LogP contribution in [0.3, 0.4) is 0 Å². The van der Waals surface area contributed by atoms with Gasteiger partial charge in [0.25, 0.3) is 5.91 Å². The van der Waals surface area contributed by atoms with Gasteiger partial charge >= 0.3 is 0 Å². The van der Waals surface area contributed by atoms with E-state index in [1.807, 2.05) is 30.3 Å². The number of nitrogens with one attached hydrogen (secondary N) is 1. The van der Waals surface area contributed by atoms with Gasteiger partial charge in [-0.2, -0.15) is 0 Å². The molecule has 3 rings (SSSR count). The van der Waals surface area contributed by atoms with Crippen molar-refractivity contribution in [2.45, 2.75) is 0 Å². The molecule has 0 heterocycles. The molecule has 2 amide bonds. The highest BCUT2D eigenvalue weighted by Crippen LogP contribution is 2.32. The summed E-state index contributed by atoms with van der Waals surface area (Å²) in [6, 6.07) is 18.1. The number of hydrogen-bond donors (Lipinski definition) is 1. The van der Waals surface area contributed by atoms with E-state index in [4.69, 9.17) is 11.6 Å². The van der Waals surface area contributed by atoms with Crippen LogP contribution in [0.5, 0.6) is 0 Å². The first-order valence-corrected chi connectivity index (χ1v) is 7.75. The molecule has 0 atom stereocenters. The van der Waals surface area contributed by atoms with E-state index in [1.54, 1.807) is 37.4 Å². The molecule has 0 aliphatic carbocycles. The molecule has 0 spiro atoms. The minimum Gasteiger partial charge on any atom is -0.321 e. The van der Waals surface area contributed by atoms with Crippen LogP contribution in [0, 0.1) is 0 Å². The highest BCUT2D eigenvalue weighted by Gasteiger charge is 2.14. The van der Waals surface area contributed by atoms with Crippen molar-refractivity contribution in [3.63, 3.8) is 0 Å². The van der Waals surface area contributed by atoms with Crippen molar-refractivity contribution >= 4 is 46.1 Å². The second-order valence-electron chi connectivity index (χ2n) is 5.33. The van der Waals surface area contributed by atoms with Gasteiger partial charge in [-0.05, 0) is 29.7 Å². The molecule has 0 saturated carbocycles. The van der Waals surface area contributed by atoms with Gasteiger partial charge in [0.2, 0.25) is 6.41 Å². The van der Waals surface area contributed by atoms with E-state index in [-0.39, 0.29) is 5.91 Å². The summed E-state index contributed by atoms with van der Waals surface area (Å²) in [6.07, 6.45) is 0.738. The Morgan fingerprint density at radius 2 is 1.75 bits per heavy atom. The van der Waals surface area contributed by atoms with Gasteiger partial charge in [0.1, 0.15) is 0 Å². The lowest BCUT2D eigenvalue weighted by atomic mass is 10.1. The highest BCUT2D eigenvalue weighted by molar-refractivity contribution is 6.34. The molecule has 0 aliphatic rings. The number of benzene rings is 3. The number of carbonyl (C=O) groups excluding carboxylic acids is 2. The van der Waals surface area contributed by atoms with Crippen LogP contribution < -0.4 is 10.2 Å². The summed E-state index contributed by atoms with van der Waals surface area (Å²) in [5.41, 5.74) is 1.75. The molecule has 4 nitrogen and oxygen atoms in total. The van der Waals surface area contributed by atoms with Crippen LogP contribution in [0.15, 0.2) is 60.7 Å². The van der Waals surface area contributed by atoms with Gasteiger partial charge < -0.3 is 10.2 Å². The van der Waals surface area contributed by atoms with Gasteiger partial charge in [-0.15, -0.1) is 0 Å². The second-order valence-corrected chi connectivity index (χ2v) is 5.74. The van der Waals surface area contributed by atoms with Crippen molar-refractivity contribution in [2.24, 2.45) is 0 Å². The summed E-state index contributed by atoms with van der Waals surface area (Å²) >= 11 is 6.09. The molecule has 1 N–H and O–H groups in total. The number of anilines is 2. The van der Waals surface area contributed by atoms with Crippen molar-refractivity contribution in [3.05, 3.63) is 71.2 Å². The molecule has 0 radical (unpaired) electrons. The summed E-state index contributed by atoms with van der Waals surface area (Å²) in [5.74, 6) is -0.295. The summed E-state index contributed by atoms with van der Waals surface area (Å²) in [5, 5.41) is 5.01. The van der Waals surface area contributed by atoms with Crippen LogP contribution in [-0.4, -0.2) is 19.4 Å². The van der Waals surface area contributed by atoms with Crippen LogP contribution in [0.4, 0.5) is 11.4 Å². The van der Waals surface area contributed by atoms with Gasteiger partial charge in [-0.1, -0.05) is 48.0 Å². The van der Waals surface area contributed by atoms with Gasteiger partial charge in [0.15, 0.2) is 0 Å². The van der Waals surface area contributed by atoms with Crippen LogP contribution in [-0.2, 0) is 4.79 Å². The summed E-state index contributed by atoms with van der Waals surface area (Å²) in [7, 11) is 1.68. The number of amides is 2. The molecule has 0 saturated heterocycles. The van der Waals surface area contributed by atoms with Crippen molar-refractivity contribution in [1.29, 1.82) is 0 Å². The molecule has 0 unspecified atom stereocenters. The van der Waals surface area contributed by atoms with Crippen LogP contribution in [0.1, 0.15) is 10.4 Å². The minimum atomic E-state index is -0.295. The average molecular weight is 339 g/mol. The maximum absolute atomic E-state index is 12.6.